The van der Waals surface area contributed by atoms with E-state index in [0.717, 1.165) is 18.7 Å². The first-order valence-corrected chi connectivity index (χ1v) is 6.30. The number of hydrogen-bond acceptors (Lipinski definition) is 5. The highest BCUT2D eigenvalue weighted by Crippen LogP contribution is 2.22. The number of hydrogen-bond donors (Lipinski definition) is 1. The predicted molar refractivity (Wildman–Crippen MR) is 78.6 cm³/mol. The summed E-state index contributed by atoms with van der Waals surface area (Å²) in [4.78, 5) is 16.0. The molecule has 0 bridgehead atoms. The highest BCUT2D eigenvalue weighted by molar-refractivity contribution is 5.96. The van der Waals surface area contributed by atoms with Crippen molar-refractivity contribution in [1.82, 2.24) is 4.90 Å². The number of benzene rings is 1. The van der Waals surface area contributed by atoms with Gasteiger partial charge in [-0.25, -0.2) is 4.79 Å². The van der Waals surface area contributed by atoms with Crippen LogP contribution in [0, 0.1) is 0 Å². The van der Waals surface area contributed by atoms with Gasteiger partial charge in [0.2, 0.25) is 0 Å². The van der Waals surface area contributed by atoms with E-state index >= 15 is 0 Å². The molecule has 5 nitrogen and oxygen atoms in total. The molecule has 1 aromatic rings. The van der Waals surface area contributed by atoms with Crippen LogP contribution in [-0.4, -0.2) is 52.2 Å². The minimum atomic E-state index is -0.324. The van der Waals surface area contributed by atoms with Gasteiger partial charge in [-0.2, -0.15) is 0 Å². The Balaban J connectivity index is 2.68. The number of carbonyl (C=O) groups excluding carboxylic acids is 1. The van der Waals surface area contributed by atoms with Gasteiger partial charge in [-0.1, -0.05) is 0 Å². The molecule has 1 rings (SSSR count). The molecule has 19 heavy (non-hydrogen) atoms. The summed E-state index contributed by atoms with van der Waals surface area (Å²) in [5, 5.41) is 0. The minimum Gasteiger partial charge on any atom is -0.462 e. The van der Waals surface area contributed by atoms with Crippen LogP contribution in [0.4, 0.5) is 11.4 Å². The fourth-order valence-electron chi connectivity index (χ4n) is 1.73. The Hall–Kier alpha value is -1.75. The van der Waals surface area contributed by atoms with Crippen molar-refractivity contribution in [2.45, 2.75) is 6.42 Å². The van der Waals surface area contributed by atoms with Crippen LogP contribution < -0.4 is 10.6 Å². The van der Waals surface area contributed by atoms with Gasteiger partial charge in [0.25, 0.3) is 0 Å². The second-order valence-electron chi connectivity index (χ2n) is 4.96. The molecular weight excluding hydrogens is 242 g/mol. The molecule has 1 aromatic carbocycles. The molecule has 0 saturated carbocycles. The number of ether oxygens (including phenoxy) is 1. The van der Waals surface area contributed by atoms with Gasteiger partial charge in [0.1, 0.15) is 0 Å². The maximum atomic E-state index is 12.0. The van der Waals surface area contributed by atoms with E-state index in [1.165, 1.54) is 0 Å². The van der Waals surface area contributed by atoms with Gasteiger partial charge in [-0.15, -0.1) is 0 Å². The molecule has 106 valence electrons. The normalized spacial score (nSPS) is 10.6. The molecule has 0 heterocycles. The summed E-state index contributed by atoms with van der Waals surface area (Å²) in [5.74, 6) is -0.324. The Labute approximate surface area is 114 Å². The number of nitrogens with two attached hydrogens (primary N) is 1. The Morgan fingerprint density at radius 3 is 2.53 bits per heavy atom. The summed E-state index contributed by atoms with van der Waals surface area (Å²) in [6, 6.07) is 5.26. The summed E-state index contributed by atoms with van der Waals surface area (Å²) in [7, 11) is 7.75. The summed E-state index contributed by atoms with van der Waals surface area (Å²) in [6.45, 7) is 1.31. The molecule has 0 spiro atoms. The third-order valence-electron chi connectivity index (χ3n) is 2.71. The van der Waals surface area contributed by atoms with Crippen LogP contribution in [0.5, 0.6) is 0 Å². The lowest BCUT2D eigenvalue weighted by Crippen LogP contribution is -2.18. The molecule has 0 amide bonds. The number of rotatable bonds is 6. The first-order valence-electron chi connectivity index (χ1n) is 6.30. The fraction of sp³-hybridized carbons (Fsp3) is 0.500. The molecule has 0 aliphatic heterocycles. The third kappa shape index (κ3) is 4.79. The summed E-state index contributed by atoms with van der Waals surface area (Å²) in [5.41, 5.74) is 7.61. The monoisotopic (exact) mass is 265 g/mol. The van der Waals surface area contributed by atoms with E-state index in [1.54, 1.807) is 12.1 Å². The van der Waals surface area contributed by atoms with Gasteiger partial charge in [-0.3, -0.25) is 0 Å². The molecule has 0 radical (unpaired) electrons. The Morgan fingerprint density at radius 1 is 1.26 bits per heavy atom. The molecule has 0 aliphatic carbocycles. The van der Waals surface area contributed by atoms with Crippen molar-refractivity contribution in [3.8, 4) is 0 Å². The molecular formula is C14H23N3O2. The third-order valence-corrected chi connectivity index (χ3v) is 2.71. The van der Waals surface area contributed by atoms with Crippen LogP contribution in [0.15, 0.2) is 18.2 Å². The number of nitrogen functional groups attached to an aromatic ring is 1. The van der Waals surface area contributed by atoms with Crippen molar-refractivity contribution in [1.29, 1.82) is 0 Å². The summed E-state index contributed by atoms with van der Waals surface area (Å²) >= 11 is 0. The van der Waals surface area contributed by atoms with E-state index in [9.17, 15) is 4.79 Å². The maximum Gasteiger partial charge on any atom is 0.340 e. The highest BCUT2D eigenvalue weighted by atomic mass is 16.5. The molecule has 2 N–H and O–H groups in total. The first-order chi connectivity index (χ1) is 8.91. The maximum absolute atomic E-state index is 12.0. The summed E-state index contributed by atoms with van der Waals surface area (Å²) < 4.78 is 5.28. The van der Waals surface area contributed by atoms with E-state index in [0.29, 0.717) is 17.9 Å². The molecule has 0 unspecified atom stereocenters. The van der Waals surface area contributed by atoms with Crippen molar-refractivity contribution in [3.63, 3.8) is 0 Å². The van der Waals surface area contributed by atoms with Gasteiger partial charge in [0.15, 0.2) is 0 Å². The zero-order valence-electron chi connectivity index (χ0n) is 12.1. The van der Waals surface area contributed by atoms with Gasteiger partial charge >= 0.3 is 5.97 Å². The van der Waals surface area contributed by atoms with Crippen LogP contribution in [0.25, 0.3) is 0 Å². The van der Waals surface area contributed by atoms with Crippen LogP contribution in [-0.2, 0) is 4.74 Å². The average Bonchev–Trinajstić information content (AvgIpc) is 2.33. The lowest BCUT2D eigenvalue weighted by molar-refractivity contribution is 0.0494. The molecule has 0 saturated heterocycles. The van der Waals surface area contributed by atoms with Crippen LogP contribution >= 0.6 is 0 Å². The van der Waals surface area contributed by atoms with Crippen molar-refractivity contribution in [2.75, 3.05) is 52.0 Å². The van der Waals surface area contributed by atoms with Crippen molar-refractivity contribution >= 4 is 17.3 Å². The van der Waals surface area contributed by atoms with E-state index < -0.39 is 0 Å². The van der Waals surface area contributed by atoms with E-state index in [1.807, 2.05) is 39.2 Å². The zero-order valence-corrected chi connectivity index (χ0v) is 12.1. The van der Waals surface area contributed by atoms with Crippen LogP contribution in [0.2, 0.25) is 0 Å². The number of anilines is 2. The second kappa shape index (κ2) is 6.99. The first kappa shape index (κ1) is 15.3. The largest absolute Gasteiger partial charge is 0.462 e. The Morgan fingerprint density at radius 2 is 1.95 bits per heavy atom. The predicted octanol–water partition coefficient (Wildman–Crippen LogP) is 1.44. The Bertz CT molecular complexity index is 431. The van der Waals surface area contributed by atoms with Gasteiger partial charge in [0, 0.05) is 26.3 Å². The van der Waals surface area contributed by atoms with Crippen molar-refractivity contribution < 1.29 is 9.53 Å². The fourth-order valence-corrected chi connectivity index (χ4v) is 1.73. The highest BCUT2D eigenvalue weighted by Gasteiger charge is 2.14. The Kier molecular flexibility index (Phi) is 5.63. The quantitative estimate of drug-likeness (QED) is 0.479. The standard InChI is InChI=1S/C14H23N3O2/c1-16(2)8-5-9-19-14(18)12-10-11(15)6-7-13(12)17(3)4/h6-7,10H,5,8-9,15H2,1-4H3. The van der Waals surface area contributed by atoms with E-state index in [2.05, 4.69) is 4.90 Å². The molecule has 0 fully saturated rings. The topological polar surface area (TPSA) is 58.8 Å². The van der Waals surface area contributed by atoms with Crippen molar-refractivity contribution in [3.05, 3.63) is 23.8 Å². The SMILES string of the molecule is CN(C)CCCOC(=O)c1cc(N)ccc1N(C)C. The van der Waals surface area contributed by atoms with Gasteiger partial charge in [-0.05, 0) is 38.7 Å². The van der Waals surface area contributed by atoms with E-state index in [4.69, 9.17) is 10.5 Å². The number of esters is 1. The molecule has 0 atom stereocenters. The smallest absolute Gasteiger partial charge is 0.340 e. The van der Waals surface area contributed by atoms with Gasteiger partial charge in [0.05, 0.1) is 17.9 Å². The zero-order chi connectivity index (χ0) is 14.4. The van der Waals surface area contributed by atoms with Crippen LogP contribution in [0.1, 0.15) is 16.8 Å². The van der Waals surface area contributed by atoms with E-state index in [-0.39, 0.29) is 5.97 Å². The minimum absolute atomic E-state index is 0.324. The number of nitrogens with zero attached hydrogens (tertiary/aromatic N) is 2. The van der Waals surface area contributed by atoms with Gasteiger partial charge < -0.3 is 20.3 Å². The van der Waals surface area contributed by atoms with Crippen molar-refractivity contribution in [2.24, 2.45) is 0 Å². The summed E-state index contributed by atoms with van der Waals surface area (Å²) in [6.07, 6.45) is 0.818. The average molecular weight is 265 g/mol. The lowest BCUT2D eigenvalue weighted by Gasteiger charge is -2.17. The van der Waals surface area contributed by atoms with Crippen LogP contribution in [0.3, 0.4) is 0 Å². The second-order valence-corrected chi connectivity index (χ2v) is 4.96. The molecule has 5 heteroatoms. The molecule has 0 aliphatic rings. The lowest BCUT2D eigenvalue weighted by atomic mass is 10.1. The molecule has 0 aromatic heterocycles. The number of carbonyl (C=O) groups is 1.